The second-order valence-corrected chi connectivity index (χ2v) is 4.01. The molecule has 1 aromatic rings. The third-order valence-electron chi connectivity index (χ3n) is 2.75. The van der Waals surface area contributed by atoms with Crippen LogP contribution in [0.1, 0.15) is 18.1 Å². The van der Waals surface area contributed by atoms with E-state index in [2.05, 4.69) is 24.8 Å². The van der Waals surface area contributed by atoms with Crippen molar-refractivity contribution >= 4 is 0 Å². The van der Waals surface area contributed by atoms with Crippen LogP contribution in [0.4, 0.5) is 0 Å². The van der Waals surface area contributed by atoms with Gasteiger partial charge in [0, 0.05) is 24.0 Å². The SMILES string of the molecule is COc1cc2c(cc1CC[NH3+])O[C@@H](C)C2. The zero-order chi connectivity index (χ0) is 10.8. The predicted octanol–water partition coefficient (Wildman–Crippen LogP) is 0.803. The first-order valence-electron chi connectivity index (χ1n) is 5.40. The fraction of sp³-hybridized carbons (Fsp3) is 0.500. The van der Waals surface area contributed by atoms with E-state index < -0.39 is 0 Å². The van der Waals surface area contributed by atoms with Crippen molar-refractivity contribution in [3.63, 3.8) is 0 Å². The van der Waals surface area contributed by atoms with Gasteiger partial charge in [0.05, 0.1) is 13.7 Å². The maximum Gasteiger partial charge on any atom is 0.123 e. The molecule has 1 atom stereocenters. The molecule has 0 unspecified atom stereocenters. The second-order valence-electron chi connectivity index (χ2n) is 4.01. The third kappa shape index (κ3) is 1.92. The summed E-state index contributed by atoms with van der Waals surface area (Å²) in [5.74, 6) is 1.99. The standard InChI is InChI=1S/C12H17NO2/c1-8-5-10-7-11(14-2)9(3-4-13)6-12(10)15-8/h6-8H,3-5,13H2,1-2H3/p+1/t8-/m0/s1. The van der Waals surface area contributed by atoms with Crippen LogP contribution in [-0.2, 0) is 12.8 Å². The molecule has 0 fully saturated rings. The Hall–Kier alpha value is -1.22. The predicted molar refractivity (Wildman–Crippen MR) is 58.2 cm³/mol. The minimum atomic E-state index is 0.291. The minimum Gasteiger partial charge on any atom is -0.496 e. The lowest BCUT2D eigenvalue weighted by atomic mass is 10.0. The molecule has 3 N–H and O–H groups in total. The number of fused-ring (bicyclic) bond motifs is 1. The summed E-state index contributed by atoms with van der Waals surface area (Å²) in [6.45, 7) is 2.97. The molecule has 0 saturated carbocycles. The summed E-state index contributed by atoms with van der Waals surface area (Å²) >= 11 is 0. The Bertz CT molecular complexity index is 363. The van der Waals surface area contributed by atoms with Crippen LogP contribution in [0, 0.1) is 0 Å². The van der Waals surface area contributed by atoms with Crippen molar-refractivity contribution in [1.29, 1.82) is 0 Å². The molecule has 1 aromatic carbocycles. The van der Waals surface area contributed by atoms with Crippen molar-refractivity contribution in [2.24, 2.45) is 0 Å². The maximum absolute atomic E-state index is 5.72. The van der Waals surface area contributed by atoms with E-state index in [0.717, 1.165) is 30.9 Å². The number of methoxy groups -OCH3 is 1. The summed E-state index contributed by atoms with van der Waals surface area (Å²) in [5, 5.41) is 0. The van der Waals surface area contributed by atoms with Gasteiger partial charge >= 0.3 is 0 Å². The number of benzene rings is 1. The van der Waals surface area contributed by atoms with Crippen molar-refractivity contribution in [1.82, 2.24) is 0 Å². The van der Waals surface area contributed by atoms with Crippen LogP contribution in [-0.4, -0.2) is 19.8 Å². The molecule has 1 aliphatic rings. The molecule has 0 amide bonds. The van der Waals surface area contributed by atoms with E-state index in [1.165, 1.54) is 11.1 Å². The molecule has 1 heterocycles. The lowest BCUT2D eigenvalue weighted by molar-refractivity contribution is -0.366. The van der Waals surface area contributed by atoms with Gasteiger partial charge in [-0.15, -0.1) is 0 Å². The highest BCUT2D eigenvalue weighted by Crippen LogP contribution is 2.34. The Labute approximate surface area is 90.2 Å². The van der Waals surface area contributed by atoms with Crippen LogP contribution in [0.5, 0.6) is 11.5 Å². The molecule has 2 rings (SSSR count). The van der Waals surface area contributed by atoms with E-state index in [4.69, 9.17) is 9.47 Å². The summed E-state index contributed by atoms with van der Waals surface area (Å²) in [6, 6.07) is 4.20. The molecule has 0 bridgehead atoms. The first-order valence-corrected chi connectivity index (χ1v) is 5.40. The van der Waals surface area contributed by atoms with Crippen molar-refractivity contribution in [3.8, 4) is 11.5 Å². The first kappa shape index (κ1) is 10.3. The quantitative estimate of drug-likeness (QED) is 0.798. The molecule has 0 saturated heterocycles. The van der Waals surface area contributed by atoms with E-state index in [-0.39, 0.29) is 0 Å². The Morgan fingerprint density at radius 1 is 1.53 bits per heavy atom. The number of hydrogen-bond acceptors (Lipinski definition) is 2. The smallest absolute Gasteiger partial charge is 0.123 e. The first-order chi connectivity index (χ1) is 7.24. The second kappa shape index (κ2) is 4.11. The van der Waals surface area contributed by atoms with Crippen LogP contribution in [0.15, 0.2) is 12.1 Å². The van der Waals surface area contributed by atoms with Crippen LogP contribution in [0.3, 0.4) is 0 Å². The molecule has 0 spiro atoms. The summed E-state index contributed by atoms with van der Waals surface area (Å²) in [5.41, 5.74) is 6.32. The van der Waals surface area contributed by atoms with E-state index in [1.54, 1.807) is 7.11 Å². The number of quaternary nitrogens is 1. The molecular formula is C12H18NO2+. The van der Waals surface area contributed by atoms with E-state index >= 15 is 0 Å². The molecule has 0 aromatic heterocycles. The Morgan fingerprint density at radius 2 is 2.33 bits per heavy atom. The van der Waals surface area contributed by atoms with Gasteiger partial charge in [0.2, 0.25) is 0 Å². The molecule has 15 heavy (non-hydrogen) atoms. The van der Waals surface area contributed by atoms with Crippen LogP contribution >= 0.6 is 0 Å². The molecular weight excluding hydrogens is 190 g/mol. The topological polar surface area (TPSA) is 46.1 Å². The highest BCUT2D eigenvalue weighted by atomic mass is 16.5. The zero-order valence-corrected chi connectivity index (χ0v) is 9.38. The van der Waals surface area contributed by atoms with Crippen LogP contribution < -0.4 is 15.2 Å². The van der Waals surface area contributed by atoms with Crippen molar-refractivity contribution in [2.75, 3.05) is 13.7 Å². The molecule has 3 nitrogen and oxygen atoms in total. The van der Waals surface area contributed by atoms with Crippen LogP contribution in [0.2, 0.25) is 0 Å². The van der Waals surface area contributed by atoms with Gasteiger partial charge in [-0.1, -0.05) is 0 Å². The summed E-state index contributed by atoms with van der Waals surface area (Å²) < 4.78 is 11.1. The van der Waals surface area contributed by atoms with Gasteiger partial charge in [0.15, 0.2) is 0 Å². The zero-order valence-electron chi connectivity index (χ0n) is 9.38. The average Bonchev–Trinajstić information content (AvgIpc) is 2.56. The number of ether oxygens (including phenoxy) is 2. The minimum absolute atomic E-state index is 0.291. The Morgan fingerprint density at radius 3 is 3.00 bits per heavy atom. The van der Waals surface area contributed by atoms with Gasteiger partial charge < -0.3 is 15.2 Å². The monoisotopic (exact) mass is 208 g/mol. The highest BCUT2D eigenvalue weighted by Gasteiger charge is 2.21. The fourth-order valence-corrected chi connectivity index (χ4v) is 2.06. The van der Waals surface area contributed by atoms with E-state index in [0.29, 0.717) is 6.10 Å². The van der Waals surface area contributed by atoms with Gasteiger partial charge in [0.1, 0.15) is 17.6 Å². The van der Waals surface area contributed by atoms with Crippen molar-refractivity contribution in [2.45, 2.75) is 25.9 Å². The highest BCUT2D eigenvalue weighted by molar-refractivity contribution is 5.48. The summed E-state index contributed by atoms with van der Waals surface area (Å²) in [4.78, 5) is 0. The summed E-state index contributed by atoms with van der Waals surface area (Å²) in [7, 11) is 1.72. The maximum atomic E-state index is 5.72. The van der Waals surface area contributed by atoms with Crippen molar-refractivity contribution in [3.05, 3.63) is 23.3 Å². The van der Waals surface area contributed by atoms with Gasteiger partial charge in [-0.3, -0.25) is 0 Å². The fourth-order valence-electron chi connectivity index (χ4n) is 2.06. The molecule has 1 aliphatic heterocycles. The molecule has 82 valence electrons. The largest absolute Gasteiger partial charge is 0.496 e. The Balaban J connectivity index is 2.36. The van der Waals surface area contributed by atoms with E-state index in [1.807, 2.05) is 0 Å². The average molecular weight is 208 g/mol. The van der Waals surface area contributed by atoms with Gasteiger partial charge in [-0.25, -0.2) is 0 Å². The van der Waals surface area contributed by atoms with Gasteiger partial charge in [0.25, 0.3) is 0 Å². The normalized spacial score (nSPS) is 18.5. The third-order valence-corrected chi connectivity index (χ3v) is 2.75. The lowest BCUT2D eigenvalue weighted by Crippen LogP contribution is -2.51. The lowest BCUT2D eigenvalue weighted by Gasteiger charge is -2.09. The molecule has 3 heteroatoms. The van der Waals surface area contributed by atoms with E-state index in [9.17, 15) is 0 Å². The number of rotatable bonds is 3. The Kier molecular flexibility index (Phi) is 2.82. The van der Waals surface area contributed by atoms with Gasteiger partial charge in [-0.2, -0.15) is 0 Å². The van der Waals surface area contributed by atoms with Gasteiger partial charge in [-0.05, 0) is 19.1 Å². The molecule has 0 radical (unpaired) electrons. The number of hydrogen-bond donors (Lipinski definition) is 1. The summed E-state index contributed by atoms with van der Waals surface area (Å²) in [6.07, 6.45) is 2.21. The molecule has 0 aliphatic carbocycles. The van der Waals surface area contributed by atoms with Crippen molar-refractivity contribution < 1.29 is 15.2 Å². The van der Waals surface area contributed by atoms with Crippen LogP contribution in [0.25, 0.3) is 0 Å².